The van der Waals surface area contributed by atoms with Gasteiger partial charge in [-0.1, -0.05) is 6.07 Å². The second kappa shape index (κ2) is 7.09. The second-order valence-corrected chi connectivity index (χ2v) is 6.17. The summed E-state index contributed by atoms with van der Waals surface area (Å²) in [6, 6.07) is 5.60. The number of hydrogen-bond acceptors (Lipinski definition) is 3. The summed E-state index contributed by atoms with van der Waals surface area (Å²) in [6.45, 7) is 3.24. The van der Waals surface area contributed by atoms with E-state index in [0.29, 0.717) is 17.8 Å². The quantitative estimate of drug-likeness (QED) is 0.799. The molecule has 1 fully saturated rings. The SMILES string of the molecule is Cc1cc(CC(=O)NC2CNCCC2c2ccc(F)c(F)c2)n[nH]1. The summed E-state index contributed by atoms with van der Waals surface area (Å²) in [5, 5.41) is 13.1. The van der Waals surface area contributed by atoms with Crippen molar-refractivity contribution in [3.63, 3.8) is 0 Å². The summed E-state index contributed by atoms with van der Waals surface area (Å²) in [6.07, 6.45) is 0.933. The van der Waals surface area contributed by atoms with Crippen molar-refractivity contribution >= 4 is 5.91 Å². The van der Waals surface area contributed by atoms with E-state index in [1.807, 2.05) is 13.0 Å². The Hall–Kier alpha value is -2.28. The van der Waals surface area contributed by atoms with E-state index in [1.165, 1.54) is 6.07 Å². The lowest BCUT2D eigenvalue weighted by Gasteiger charge is -2.33. The van der Waals surface area contributed by atoms with Gasteiger partial charge in [-0.15, -0.1) is 0 Å². The van der Waals surface area contributed by atoms with Crippen LogP contribution in [-0.4, -0.2) is 35.2 Å². The molecule has 1 aromatic carbocycles. The highest BCUT2D eigenvalue weighted by atomic mass is 19.2. The van der Waals surface area contributed by atoms with Crippen LogP contribution in [0.1, 0.15) is 29.3 Å². The monoisotopic (exact) mass is 334 g/mol. The minimum Gasteiger partial charge on any atom is -0.351 e. The first-order valence-corrected chi connectivity index (χ1v) is 7.99. The third kappa shape index (κ3) is 3.79. The van der Waals surface area contributed by atoms with Crippen molar-refractivity contribution in [2.24, 2.45) is 0 Å². The van der Waals surface area contributed by atoms with Gasteiger partial charge in [0.05, 0.1) is 12.1 Å². The molecule has 0 spiro atoms. The van der Waals surface area contributed by atoms with E-state index in [4.69, 9.17) is 0 Å². The maximum Gasteiger partial charge on any atom is 0.226 e. The molecular weight excluding hydrogens is 314 g/mol. The molecule has 128 valence electrons. The summed E-state index contributed by atoms with van der Waals surface area (Å²) < 4.78 is 26.7. The van der Waals surface area contributed by atoms with Crippen molar-refractivity contribution in [1.82, 2.24) is 20.8 Å². The highest BCUT2D eigenvalue weighted by molar-refractivity contribution is 5.78. The Morgan fingerprint density at radius 3 is 2.88 bits per heavy atom. The minimum absolute atomic E-state index is 0.0498. The van der Waals surface area contributed by atoms with Crippen molar-refractivity contribution in [2.75, 3.05) is 13.1 Å². The Kier molecular flexibility index (Phi) is 4.89. The zero-order valence-electron chi connectivity index (χ0n) is 13.4. The first kappa shape index (κ1) is 16.6. The number of carbonyl (C=O) groups excluding carboxylic acids is 1. The number of rotatable bonds is 4. The Balaban J connectivity index is 1.69. The molecule has 1 amide bonds. The van der Waals surface area contributed by atoms with Crippen LogP contribution in [0.15, 0.2) is 24.3 Å². The van der Waals surface area contributed by atoms with Gasteiger partial charge in [0.25, 0.3) is 0 Å². The molecule has 5 nitrogen and oxygen atoms in total. The van der Waals surface area contributed by atoms with E-state index in [2.05, 4.69) is 20.8 Å². The number of benzene rings is 1. The van der Waals surface area contributed by atoms with Crippen LogP contribution < -0.4 is 10.6 Å². The van der Waals surface area contributed by atoms with Crippen LogP contribution in [0.2, 0.25) is 0 Å². The maximum absolute atomic E-state index is 13.5. The number of nitrogens with one attached hydrogen (secondary N) is 3. The topological polar surface area (TPSA) is 69.8 Å². The van der Waals surface area contributed by atoms with Gasteiger partial charge in [-0.2, -0.15) is 5.10 Å². The largest absolute Gasteiger partial charge is 0.351 e. The van der Waals surface area contributed by atoms with Crippen molar-refractivity contribution in [2.45, 2.75) is 31.7 Å². The van der Waals surface area contributed by atoms with E-state index in [1.54, 1.807) is 6.07 Å². The molecule has 2 unspecified atom stereocenters. The first-order valence-electron chi connectivity index (χ1n) is 7.99. The van der Waals surface area contributed by atoms with E-state index in [9.17, 15) is 13.6 Å². The third-order valence-corrected chi connectivity index (χ3v) is 4.30. The fraction of sp³-hybridized carbons (Fsp3) is 0.412. The van der Waals surface area contributed by atoms with Crippen LogP contribution in [0, 0.1) is 18.6 Å². The van der Waals surface area contributed by atoms with Gasteiger partial charge in [0.1, 0.15) is 0 Å². The number of hydrogen-bond donors (Lipinski definition) is 3. The summed E-state index contributed by atoms with van der Waals surface area (Å²) in [7, 11) is 0. The molecular formula is C17H20F2N4O. The molecule has 1 saturated heterocycles. The van der Waals surface area contributed by atoms with E-state index in [-0.39, 0.29) is 24.3 Å². The predicted octanol–water partition coefficient (Wildman–Crippen LogP) is 1.80. The number of nitrogens with zero attached hydrogens (tertiary/aromatic N) is 1. The second-order valence-electron chi connectivity index (χ2n) is 6.17. The highest BCUT2D eigenvalue weighted by Gasteiger charge is 2.28. The fourth-order valence-electron chi connectivity index (χ4n) is 3.14. The molecule has 7 heteroatoms. The number of amides is 1. The number of piperidine rings is 1. The van der Waals surface area contributed by atoms with Crippen LogP contribution >= 0.6 is 0 Å². The number of carbonyl (C=O) groups is 1. The van der Waals surface area contributed by atoms with Crippen LogP contribution in [0.25, 0.3) is 0 Å². The number of aromatic amines is 1. The van der Waals surface area contributed by atoms with Gasteiger partial charge < -0.3 is 10.6 Å². The molecule has 24 heavy (non-hydrogen) atoms. The third-order valence-electron chi connectivity index (χ3n) is 4.30. The number of aromatic nitrogens is 2. The molecule has 3 N–H and O–H groups in total. The smallest absolute Gasteiger partial charge is 0.226 e. The van der Waals surface area contributed by atoms with Gasteiger partial charge >= 0.3 is 0 Å². The van der Waals surface area contributed by atoms with Crippen LogP contribution in [0.4, 0.5) is 8.78 Å². The van der Waals surface area contributed by atoms with Gasteiger partial charge in [0.2, 0.25) is 5.91 Å². The van der Waals surface area contributed by atoms with Crippen molar-refractivity contribution in [3.8, 4) is 0 Å². The molecule has 3 rings (SSSR count). The molecule has 0 aliphatic carbocycles. The standard InChI is InChI=1S/C17H20F2N4O/c1-10-6-12(23-22-10)8-17(24)21-16-9-20-5-4-13(16)11-2-3-14(18)15(19)7-11/h2-3,6-7,13,16,20H,4-5,8-9H2,1H3,(H,21,24)(H,22,23). The minimum atomic E-state index is -0.859. The number of H-pyrrole nitrogens is 1. The summed E-state index contributed by atoms with van der Waals surface area (Å²) in [5.41, 5.74) is 2.28. The lowest BCUT2D eigenvalue weighted by Crippen LogP contribution is -2.50. The molecule has 2 atom stereocenters. The van der Waals surface area contributed by atoms with Crippen LogP contribution in [0.5, 0.6) is 0 Å². The van der Waals surface area contributed by atoms with E-state index in [0.717, 1.165) is 24.7 Å². The molecule has 2 heterocycles. The Morgan fingerprint density at radius 1 is 1.33 bits per heavy atom. The lowest BCUT2D eigenvalue weighted by molar-refractivity contribution is -0.121. The Bertz CT molecular complexity index is 731. The molecule has 0 saturated carbocycles. The predicted molar refractivity (Wildman–Crippen MR) is 85.5 cm³/mol. The average molecular weight is 334 g/mol. The molecule has 2 aromatic rings. The average Bonchev–Trinajstić information content (AvgIpc) is 2.95. The van der Waals surface area contributed by atoms with Crippen molar-refractivity contribution < 1.29 is 13.6 Å². The van der Waals surface area contributed by atoms with Crippen molar-refractivity contribution in [3.05, 3.63) is 52.9 Å². The normalized spacial score (nSPS) is 20.8. The summed E-state index contributed by atoms with van der Waals surface area (Å²) in [5.74, 6) is -1.90. The van der Waals surface area contributed by atoms with Gasteiger partial charge in [0, 0.05) is 24.2 Å². The molecule has 1 aromatic heterocycles. The maximum atomic E-state index is 13.5. The molecule has 0 bridgehead atoms. The summed E-state index contributed by atoms with van der Waals surface area (Å²) in [4.78, 5) is 12.3. The number of halogens is 2. The van der Waals surface area contributed by atoms with Gasteiger partial charge in [0.15, 0.2) is 11.6 Å². The summed E-state index contributed by atoms with van der Waals surface area (Å²) >= 11 is 0. The van der Waals surface area contributed by atoms with Gasteiger partial charge in [-0.05, 0) is 43.7 Å². The lowest BCUT2D eigenvalue weighted by atomic mass is 9.86. The fourth-order valence-corrected chi connectivity index (χ4v) is 3.14. The molecule has 0 radical (unpaired) electrons. The number of aryl methyl sites for hydroxylation is 1. The highest BCUT2D eigenvalue weighted by Crippen LogP contribution is 2.27. The van der Waals surface area contributed by atoms with E-state index >= 15 is 0 Å². The zero-order valence-corrected chi connectivity index (χ0v) is 13.4. The van der Waals surface area contributed by atoms with Crippen LogP contribution in [-0.2, 0) is 11.2 Å². The van der Waals surface area contributed by atoms with E-state index < -0.39 is 11.6 Å². The van der Waals surface area contributed by atoms with Gasteiger partial charge in [-0.3, -0.25) is 9.89 Å². The van der Waals surface area contributed by atoms with Gasteiger partial charge in [-0.25, -0.2) is 8.78 Å². The Labute approximate surface area is 138 Å². The Morgan fingerprint density at radius 2 is 2.17 bits per heavy atom. The van der Waals surface area contributed by atoms with Crippen LogP contribution in [0.3, 0.4) is 0 Å². The van der Waals surface area contributed by atoms with Crippen molar-refractivity contribution in [1.29, 1.82) is 0 Å². The molecule has 1 aliphatic heterocycles. The zero-order chi connectivity index (χ0) is 17.1. The molecule has 1 aliphatic rings. The first-order chi connectivity index (χ1) is 11.5.